The average Bonchev–Trinajstić information content (AvgIpc) is 3.10. The number of carbonyl (C=O) groups excluding carboxylic acids is 1. The molecule has 3 heterocycles. The van der Waals surface area contributed by atoms with E-state index in [9.17, 15) is 19.5 Å². The van der Waals surface area contributed by atoms with Crippen molar-refractivity contribution in [2.45, 2.75) is 6.54 Å². The Hall–Kier alpha value is -4.21. The lowest BCUT2D eigenvalue weighted by molar-refractivity contribution is -0.135. The number of imidazole rings is 1. The number of hydrogen-bond donors (Lipinski definition) is 3. The van der Waals surface area contributed by atoms with E-state index >= 15 is 0 Å². The maximum Gasteiger partial charge on any atom is 0.322 e. The molecule has 0 radical (unpaired) electrons. The zero-order valence-electron chi connectivity index (χ0n) is 14.9. The van der Waals surface area contributed by atoms with Gasteiger partial charge in [0, 0.05) is 6.20 Å². The minimum absolute atomic E-state index is 0.0327. The van der Waals surface area contributed by atoms with Crippen LogP contribution < -0.4 is 10.9 Å². The summed E-state index contributed by atoms with van der Waals surface area (Å²) < 4.78 is 2.59. The van der Waals surface area contributed by atoms with Crippen molar-refractivity contribution < 1.29 is 19.8 Å². The second-order valence-corrected chi connectivity index (χ2v) is 6.24. The Labute approximate surface area is 162 Å². The fourth-order valence-corrected chi connectivity index (χ4v) is 3.06. The number of carboxylic acids is 1. The number of nitrogens with zero attached hydrogens (tertiary/aromatic N) is 4. The fourth-order valence-electron chi connectivity index (χ4n) is 3.06. The summed E-state index contributed by atoms with van der Waals surface area (Å²) in [4.78, 5) is 44.9. The minimum atomic E-state index is -1.28. The van der Waals surface area contributed by atoms with Crippen molar-refractivity contribution >= 4 is 28.7 Å². The van der Waals surface area contributed by atoms with Crippen LogP contribution in [-0.4, -0.2) is 47.8 Å². The largest absolute Gasteiger partial charge is 0.504 e. The predicted molar refractivity (Wildman–Crippen MR) is 102 cm³/mol. The van der Waals surface area contributed by atoms with Gasteiger partial charge in [-0.1, -0.05) is 30.3 Å². The summed E-state index contributed by atoms with van der Waals surface area (Å²) in [6.07, 6.45) is 1.53. The molecule has 0 saturated heterocycles. The number of pyridine rings is 1. The van der Waals surface area contributed by atoms with E-state index in [0.717, 1.165) is 5.56 Å². The molecule has 29 heavy (non-hydrogen) atoms. The van der Waals surface area contributed by atoms with E-state index in [1.54, 1.807) is 12.1 Å². The number of amides is 1. The number of aliphatic carboxylic acids is 1. The first-order valence-electron chi connectivity index (χ1n) is 8.60. The van der Waals surface area contributed by atoms with Crippen molar-refractivity contribution in [2.75, 3.05) is 6.54 Å². The molecule has 0 bridgehead atoms. The monoisotopic (exact) mass is 393 g/mol. The Balaban J connectivity index is 2.00. The first-order chi connectivity index (χ1) is 14.0. The number of carboxylic acid groups (broad SMARTS) is 1. The van der Waals surface area contributed by atoms with Crippen LogP contribution in [-0.2, 0) is 11.3 Å². The number of rotatable bonds is 5. The van der Waals surface area contributed by atoms with Crippen LogP contribution in [0.4, 0.5) is 0 Å². The number of nitrogens with one attached hydrogen (secondary N) is 1. The Morgan fingerprint density at radius 1 is 1.07 bits per heavy atom. The van der Waals surface area contributed by atoms with Gasteiger partial charge in [-0.3, -0.25) is 14.4 Å². The SMILES string of the molecule is O=C(O)CNC(=O)c1c(O)c2nc3cccnc3n2n(Cc2ccccc2)c1=O. The lowest BCUT2D eigenvalue weighted by atomic mass is 10.2. The number of fused-ring (bicyclic) bond motifs is 3. The Morgan fingerprint density at radius 3 is 2.55 bits per heavy atom. The van der Waals surface area contributed by atoms with Crippen LogP contribution in [0.15, 0.2) is 53.5 Å². The Bertz CT molecular complexity index is 1310. The van der Waals surface area contributed by atoms with Gasteiger partial charge in [0.15, 0.2) is 22.6 Å². The van der Waals surface area contributed by atoms with Gasteiger partial charge in [0.1, 0.15) is 12.1 Å². The topological polar surface area (TPSA) is 139 Å². The maximum atomic E-state index is 13.2. The molecule has 0 spiro atoms. The van der Waals surface area contributed by atoms with E-state index in [0.29, 0.717) is 11.2 Å². The molecular weight excluding hydrogens is 378 g/mol. The summed E-state index contributed by atoms with van der Waals surface area (Å²) in [5.74, 6) is -2.92. The minimum Gasteiger partial charge on any atom is -0.504 e. The Kier molecular flexibility index (Phi) is 4.43. The van der Waals surface area contributed by atoms with Crippen molar-refractivity contribution in [3.05, 3.63) is 70.1 Å². The molecule has 10 nitrogen and oxygen atoms in total. The molecule has 0 aliphatic rings. The number of benzene rings is 1. The van der Waals surface area contributed by atoms with Crippen LogP contribution in [0.25, 0.3) is 16.8 Å². The molecule has 0 aliphatic carbocycles. The van der Waals surface area contributed by atoms with Crippen molar-refractivity contribution in [1.29, 1.82) is 0 Å². The highest BCUT2D eigenvalue weighted by Gasteiger charge is 2.25. The van der Waals surface area contributed by atoms with Gasteiger partial charge in [-0.2, -0.15) is 0 Å². The zero-order valence-corrected chi connectivity index (χ0v) is 14.9. The third kappa shape index (κ3) is 3.16. The molecule has 3 aromatic heterocycles. The number of hydrogen-bond acceptors (Lipinski definition) is 6. The second kappa shape index (κ2) is 7.08. The van der Waals surface area contributed by atoms with Crippen molar-refractivity contribution in [3.63, 3.8) is 0 Å². The quantitative estimate of drug-likeness (QED) is 0.451. The van der Waals surface area contributed by atoms with Crippen molar-refractivity contribution in [2.24, 2.45) is 0 Å². The van der Waals surface area contributed by atoms with Gasteiger partial charge in [0.2, 0.25) is 0 Å². The van der Waals surface area contributed by atoms with E-state index in [-0.39, 0.29) is 12.2 Å². The first-order valence-corrected chi connectivity index (χ1v) is 8.60. The molecule has 146 valence electrons. The molecule has 4 rings (SSSR count). The molecule has 1 amide bonds. The van der Waals surface area contributed by atoms with Crippen LogP contribution >= 0.6 is 0 Å². The standard InChI is InChI=1S/C19H15N5O5/c25-13(26)9-21-18(28)14-15(27)17-22-12-7-4-8-20-16(12)24(17)23(19(14)29)10-11-5-2-1-3-6-11/h1-8,27H,9-10H2,(H,21,28)(H,25,26). The zero-order chi connectivity index (χ0) is 20.5. The van der Waals surface area contributed by atoms with E-state index < -0.39 is 35.3 Å². The van der Waals surface area contributed by atoms with E-state index in [1.165, 1.54) is 15.4 Å². The summed E-state index contributed by atoms with van der Waals surface area (Å²) >= 11 is 0. The summed E-state index contributed by atoms with van der Waals surface area (Å²) in [6.45, 7) is -0.614. The number of aromatic nitrogens is 4. The van der Waals surface area contributed by atoms with Gasteiger partial charge in [-0.25, -0.2) is 19.2 Å². The summed E-state index contributed by atoms with van der Waals surface area (Å²) in [7, 11) is 0. The average molecular weight is 393 g/mol. The molecule has 0 unspecified atom stereocenters. The van der Waals surface area contributed by atoms with Crippen LogP contribution in [0.3, 0.4) is 0 Å². The third-order valence-corrected chi connectivity index (χ3v) is 4.33. The van der Waals surface area contributed by atoms with Crippen LogP contribution in [0.2, 0.25) is 0 Å². The van der Waals surface area contributed by atoms with Gasteiger partial charge in [-0.15, -0.1) is 0 Å². The van der Waals surface area contributed by atoms with E-state index in [4.69, 9.17) is 5.11 Å². The first kappa shape index (κ1) is 18.2. The molecule has 10 heteroatoms. The Morgan fingerprint density at radius 2 is 1.83 bits per heavy atom. The summed E-state index contributed by atoms with van der Waals surface area (Å²) in [5, 5.41) is 21.5. The van der Waals surface area contributed by atoms with Crippen LogP contribution in [0.1, 0.15) is 15.9 Å². The van der Waals surface area contributed by atoms with Crippen molar-refractivity contribution in [3.8, 4) is 5.75 Å². The van der Waals surface area contributed by atoms with Crippen LogP contribution in [0, 0.1) is 0 Å². The molecule has 0 fully saturated rings. The molecule has 4 aromatic rings. The highest BCUT2D eigenvalue weighted by molar-refractivity contribution is 6.00. The smallest absolute Gasteiger partial charge is 0.322 e. The van der Waals surface area contributed by atoms with Gasteiger partial charge in [0.05, 0.1) is 6.54 Å². The second-order valence-electron chi connectivity index (χ2n) is 6.24. The third-order valence-electron chi connectivity index (χ3n) is 4.33. The number of aromatic hydroxyl groups is 1. The van der Waals surface area contributed by atoms with Crippen molar-refractivity contribution in [1.82, 2.24) is 24.5 Å². The van der Waals surface area contributed by atoms with Gasteiger partial charge < -0.3 is 15.5 Å². The van der Waals surface area contributed by atoms with E-state index in [1.807, 2.05) is 30.3 Å². The van der Waals surface area contributed by atoms with Gasteiger partial charge in [0.25, 0.3) is 11.5 Å². The van der Waals surface area contributed by atoms with Crippen LogP contribution in [0.5, 0.6) is 5.75 Å². The molecule has 0 atom stereocenters. The maximum absolute atomic E-state index is 13.2. The summed E-state index contributed by atoms with van der Waals surface area (Å²) in [6, 6.07) is 12.4. The molecular formula is C19H15N5O5. The predicted octanol–water partition coefficient (Wildman–Crippen LogP) is 0.612. The molecule has 0 saturated carbocycles. The molecule has 0 aliphatic heterocycles. The lowest BCUT2D eigenvalue weighted by Gasteiger charge is -2.14. The summed E-state index contributed by atoms with van der Waals surface area (Å²) in [5.41, 5.74) is 0.123. The normalized spacial score (nSPS) is 11.0. The highest BCUT2D eigenvalue weighted by atomic mass is 16.4. The fraction of sp³-hybridized carbons (Fsp3) is 0.105. The lowest BCUT2D eigenvalue weighted by Crippen LogP contribution is -2.37. The van der Waals surface area contributed by atoms with Gasteiger partial charge >= 0.3 is 5.97 Å². The van der Waals surface area contributed by atoms with Gasteiger partial charge in [-0.05, 0) is 17.7 Å². The number of carbonyl (C=O) groups is 2. The van der Waals surface area contributed by atoms with E-state index in [2.05, 4.69) is 15.3 Å². The molecule has 1 aromatic carbocycles. The highest BCUT2D eigenvalue weighted by Crippen LogP contribution is 2.24. The molecule has 3 N–H and O–H groups in total.